The highest BCUT2D eigenvalue weighted by molar-refractivity contribution is 6.10. The quantitative estimate of drug-likeness (QED) is 0.379. The zero-order valence-electron chi connectivity index (χ0n) is 18.5. The summed E-state index contributed by atoms with van der Waals surface area (Å²) in [5.74, 6) is -0.292. The first-order valence-corrected chi connectivity index (χ1v) is 11.2. The third kappa shape index (κ3) is 4.20. The number of aromatic nitrogens is 3. The van der Waals surface area contributed by atoms with E-state index in [9.17, 15) is 9.18 Å². The van der Waals surface area contributed by atoms with Crippen molar-refractivity contribution < 1.29 is 9.18 Å². The zero-order chi connectivity index (χ0) is 23.5. The summed E-state index contributed by atoms with van der Waals surface area (Å²) in [6, 6.07) is 24.1. The van der Waals surface area contributed by atoms with Crippen LogP contribution in [-0.4, -0.2) is 27.0 Å². The monoisotopic (exact) mass is 453 g/mol. The Hall–Kier alpha value is -4.26. The Balaban J connectivity index is 1.49. The summed E-state index contributed by atoms with van der Waals surface area (Å²) in [6.07, 6.45) is 1.11. The van der Waals surface area contributed by atoms with E-state index in [2.05, 4.69) is 5.32 Å². The van der Waals surface area contributed by atoms with Gasteiger partial charge >= 0.3 is 0 Å². The number of nitrogens with one attached hydrogen (secondary N) is 1. The molecule has 5 rings (SSSR count). The van der Waals surface area contributed by atoms with E-state index in [4.69, 9.17) is 15.7 Å². The number of fused-ring (bicyclic) bond motifs is 2. The highest BCUT2D eigenvalue weighted by atomic mass is 19.1. The van der Waals surface area contributed by atoms with Gasteiger partial charge in [0.05, 0.1) is 11.0 Å². The average Bonchev–Trinajstić information content (AvgIpc) is 3.12. The van der Waals surface area contributed by atoms with Crippen molar-refractivity contribution in [3.63, 3.8) is 0 Å². The number of nitrogen functional groups attached to an aromatic ring is 1. The lowest BCUT2D eigenvalue weighted by atomic mass is 10.1. The van der Waals surface area contributed by atoms with Gasteiger partial charge in [-0.3, -0.25) is 4.79 Å². The second-order valence-corrected chi connectivity index (χ2v) is 8.13. The maximum Gasteiger partial charge on any atom is 0.257 e. The van der Waals surface area contributed by atoms with Crippen LogP contribution < -0.4 is 11.1 Å². The number of carbonyl (C=O) groups is 1. The molecule has 0 aliphatic heterocycles. The maximum absolute atomic E-state index is 14.2. The van der Waals surface area contributed by atoms with E-state index in [1.165, 1.54) is 6.07 Å². The molecule has 0 unspecified atom stereocenters. The predicted octanol–water partition coefficient (Wildman–Crippen LogP) is 4.52. The number of nitrogens with two attached hydrogens (primary N) is 1. The Kier molecular flexibility index (Phi) is 5.91. The van der Waals surface area contributed by atoms with Gasteiger partial charge in [-0.2, -0.15) is 0 Å². The molecule has 0 saturated heterocycles. The topological polar surface area (TPSA) is 85.8 Å². The van der Waals surface area contributed by atoms with Crippen LogP contribution >= 0.6 is 0 Å². The summed E-state index contributed by atoms with van der Waals surface area (Å²) in [4.78, 5) is 22.7. The number of hydrogen-bond donors (Lipinski definition) is 2. The van der Waals surface area contributed by atoms with Gasteiger partial charge in [0.15, 0.2) is 5.65 Å². The molecule has 0 bridgehead atoms. The second kappa shape index (κ2) is 9.31. The van der Waals surface area contributed by atoms with Crippen LogP contribution in [0.2, 0.25) is 0 Å². The number of amides is 1. The van der Waals surface area contributed by atoms with E-state index >= 15 is 0 Å². The van der Waals surface area contributed by atoms with Gasteiger partial charge in [-0.1, -0.05) is 60.7 Å². The van der Waals surface area contributed by atoms with E-state index in [0.717, 1.165) is 5.56 Å². The molecule has 6 nitrogen and oxygen atoms in total. The van der Waals surface area contributed by atoms with Crippen LogP contribution in [0.4, 0.5) is 10.2 Å². The van der Waals surface area contributed by atoms with Gasteiger partial charge < -0.3 is 15.6 Å². The normalized spacial score (nSPS) is 11.2. The number of carbonyl (C=O) groups excluding carboxylic acids is 1. The summed E-state index contributed by atoms with van der Waals surface area (Å²) in [5.41, 5.74) is 10.8. The third-order valence-electron chi connectivity index (χ3n) is 5.92. The van der Waals surface area contributed by atoms with Crippen LogP contribution in [0.25, 0.3) is 22.2 Å². The molecule has 0 aliphatic rings. The Morgan fingerprint density at radius 3 is 2.32 bits per heavy atom. The smallest absolute Gasteiger partial charge is 0.257 e. The Morgan fingerprint density at radius 1 is 0.882 bits per heavy atom. The van der Waals surface area contributed by atoms with Crippen LogP contribution in [0, 0.1) is 5.82 Å². The number of hydrogen-bond acceptors (Lipinski definition) is 4. The largest absolute Gasteiger partial charge is 0.384 e. The molecule has 3 aromatic carbocycles. The number of anilines is 1. The highest BCUT2D eigenvalue weighted by Crippen LogP contribution is 2.28. The van der Waals surface area contributed by atoms with E-state index < -0.39 is 0 Å². The summed E-state index contributed by atoms with van der Waals surface area (Å²) in [6.45, 7) is 0.832. The van der Waals surface area contributed by atoms with Gasteiger partial charge in [0.25, 0.3) is 5.91 Å². The molecular formula is C27H24FN5O. The number of benzene rings is 3. The van der Waals surface area contributed by atoms with Crippen LogP contribution in [0.15, 0.2) is 78.9 Å². The van der Waals surface area contributed by atoms with Gasteiger partial charge in [-0.15, -0.1) is 0 Å². The molecule has 0 atom stereocenters. The summed E-state index contributed by atoms with van der Waals surface area (Å²) in [7, 11) is 0. The summed E-state index contributed by atoms with van der Waals surface area (Å²) < 4.78 is 16.0. The van der Waals surface area contributed by atoms with Crippen molar-refractivity contribution in [2.75, 3.05) is 12.3 Å². The number of para-hydroxylation sites is 2. The van der Waals surface area contributed by atoms with Gasteiger partial charge in [0.1, 0.15) is 22.7 Å². The van der Waals surface area contributed by atoms with E-state index in [0.29, 0.717) is 59.3 Å². The fraction of sp³-hybridized carbons (Fsp3) is 0.148. The van der Waals surface area contributed by atoms with E-state index in [1.54, 1.807) is 22.8 Å². The Morgan fingerprint density at radius 2 is 1.56 bits per heavy atom. The van der Waals surface area contributed by atoms with Gasteiger partial charge in [0, 0.05) is 13.1 Å². The molecule has 2 heterocycles. The Labute approximate surface area is 196 Å². The minimum atomic E-state index is -0.298. The molecule has 2 aromatic heterocycles. The minimum absolute atomic E-state index is 0.270. The molecule has 34 heavy (non-hydrogen) atoms. The van der Waals surface area contributed by atoms with E-state index in [-0.39, 0.29) is 17.5 Å². The first kappa shape index (κ1) is 21.6. The third-order valence-corrected chi connectivity index (χ3v) is 5.92. The van der Waals surface area contributed by atoms with Gasteiger partial charge in [-0.25, -0.2) is 14.4 Å². The number of nitrogens with zero attached hydrogens (tertiary/aromatic N) is 3. The van der Waals surface area contributed by atoms with Crippen molar-refractivity contribution in [1.82, 2.24) is 19.9 Å². The minimum Gasteiger partial charge on any atom is -0.384 e. The molecule has 170 valence electrons. The van der Waals surface area contributed by atoms with Crippen molar-refractivity contribution in [2.45, 2.75) is 19.4 Å². The second-order valence-electron chi connectivity index (χ2n) is 8.13. The molecule has 0 spiro atoms. The van der Waals surface area contributed by atoms with Crippen molar-refractivity contribution in [2.24, 2.45) is 0 Å². The first-order chi connectivity index (χ1) is 16.6. The number of aryl methyl sites for hydroxylation is 2. The molecular weight excluding hydrogens is 429 g/mol. The lowest BCUT2D eigenvalue weighted by Crippen LogP contribution is -2.26. The highest BCUT2D eigenvalue weighted by Gasteiger charge is 2.24. The van der Waals surface area contributed by atoms with Crippen LogP contribution in [0.5, 0.6) is 0 Å². The van der Waals surface area contributed by atoms with Crippen molar-refractivity contribution in [1.29, 1.82) is 0 Å². The lowest BCUT2D eigenvalue weighted by Gasteiger charge is -2.09. The number of rotatable bonds is 7. The van der Waals surface area contributed by atoms with Gasteiger partial charge in [-0.05, 0) is 42.2 Å². The molecule has 1 amide bonds. The van der Waals surface area contributed by atoms with Crippen LogP contribution in [0.3, 0.4) is 0 Å². The molecule has 0 aliphatic carbocycles. The predicted molar refractivity (Wildman–Crippen MR) is 132 cm³/mol. The molecule has 0 radical (unpaired) electrons. The number of halogens is 1. The van der Waals surface area contributed by atoms with Crippen LogP contribution in [-0.2, 0) is 19.4 Å². The molecule has 5 aromatic rings. The molecule has 0 saturated carbocycles. The van der Waals surface area contributed by atoms with Crippen molar-refractivity contribution in [3.05, 3.63) is 101 Å². The molecule has 3 N–H and O–H groups in total. The average molecular weight is 454 g/mol. The zero-order valence-corrected chi connectivity index (χ0v) is 18.5. The fourth-order valence-electron chi connectivity index (χ4n) is 4.15. The van der Waals surface area contributed by atoms with Gasteiger partial charge in [0.2, 0.25) is 0 Å². The standard InChI is InChI=1S/C27H24FN5O/c28-20-11-5-4-10-19(20)15-17-33-25(29)23(27(34)30-16-14-18-8-2-1-3-9-18)24-26(33)32-22-13-7-6-12-21(22)31-24/h1-13H,14-17,29H2,(H,30,34). The summed E-state index contributed by atoms with van der Waals surface area (Å²) in [5, 5.41) is 2.96. The van der Waals surface area contributed by atoms with Crippen molar-refractivity contribution in [3.8, 4) is 0 Å². The van der Waals surface area contributed by atoms with Crippen LogP contribution in [0.1, 0.15) is 21.5 Å². The molecule has 7 heteroatoms. The first-order valence-electron chi connectivity index (χ1n) is 11.2. The summed E-state index contributed by atoms with van der Waals surface area (Å²) >= 11 is 0. The SMILES string of the molecule is Nc1c(C(=O)NCCc2ccccc2)c2nc3ccccc3nc2n1CCc1ccccc1F. The maximum atomic E-state index is 14.2. The lowest BCUT2D eigenvalue weighted by molar-refractivity contribution is 0.0956. The van der Waals surface area contributed by atoms with Crippen molar-refractivity contribution >= 4 is 33.9 Å². The fourth-order valence-corrected chi connectivity index (χ4v) is 4.15. The van der Waals surface area contributed by atoms with E-state index in [1.807, 2.05) is 54.6 Å². The molecule has 0 fully saturated rings. The Bertz CT molecular complexity index is 1480.